The first-order chi connectivity index (χ1) is 5.91. The van der Waals surface area contributed by atoms with E-state index in [2.05, 4.69) is 0 Å². The molecule has 0 saturated heterocycles. The third-order valence-electron chi connectivity index (χ3n) is 1.02. The molecule has 0 aliphatic heterocycles. The fourth-order valence-electron chi connectivity index (χ4n) is 0.727. The minimum absolute atomic E-state index is 0. The Hall–Kier alpha value is -0.0600. The quantitative estimate of drug-likeness (QED) is 0.389. The fourth-order valence-corrected chi connectivity index (χ4v) is 0.727. The molecule has 0 amide bonds. The fraction of sp³-hybridized carbons (Fsp3) is 0.778. The van der Waals surface area contributed by atoms with Crippen LogP contribution in [0.3, 0.4) is 0 Å². The third-order valence-corrected chi connectivity index (χ3v) is 1.02. The normalized spacial score (nSPS) is 9.57. The zero-order chi connectivity index (χ0) is 10.4. The van der Waals surface area contributed by atoms with Crippen molar-refractivity contribution in [2.75, 3.05) is 0 Å². The number of ether oxygens (including phenoxy) is 2. The Bertz CT molecular complexity index is 169. The molecule has 0 N–H and O–H groups in total. The Kier molecular flexibility index (Phi) is 9.67. The number of carbonyl (C=O) groups excluding carboxylic acids is 2. The average Bonchev–Trinajstić information content (AvgIpc) is 1.80. The van der Waals surface area contributed by atoms with Crippen molar-refractivity contribution in [3.63, 3.8) is 0 Å². The van der Waals surface area contributed by atoms with Gasteiger partial charge in [-0.1, -0.05) is 0 Å². The van der Waals surface area contributed by atoms with Gasteiger partial charge >= 0.3 is 41.5 Å². The zero-order valence-electron chi connectivity index (χ0n) is 8.49. The van der Waals surface area contributed by atoms with Gasteiger partial charge in [0.15, 0.2) is 0 Å². The van der Waals surface area contributed by atoms with Crippen molar-refractivity contribution < 1.29 is 19.1 Å². The second kappa shape index (κ2) is 8.26. The summed E-state index contributed by atoms with van der Waals surface area (Å²) in [4.78, 5) is 21.8. The Balaban J connectivity index is 0. The van der Waals surface area contributed by atoms with Crippen LogP contribution >= 0.6 is 0 Å². The first-order valence-corrected chi connectivity index (χ1v) is 4.30. The molecular formula is C9H17NaO4. The molecule has 0 radical (unpaired) electrons. The molecule has 4 nitrogen and oxygen atoms in total. The number of carbonyl (C=O) groups is 2. The zero-order valence-corrected chi connectivity index (χ0v) is 8.49. The maximum absolute atomic E-state index is 10.9. The molecule has 0 aromatic heterocycles. The van der Waals surface area contributed by atoms with Crippen molar-refractivity contribution in [2.45, 2.75) is 46.3 Å². The number of hydrogen-bond acceptors (Lipinski definition) is 4. The third kappa shape index (κ3) is 10.0. The van der Waals surface area contributed by atoms with E-state index >= 15 is 0 Å². The van der Waals surface area contributed by atoms with Gasteiger partial charge in [0.2, 0.25) is 0 Å². The van der Waals surface area contributed by atoms with Gasteiger partial charge in [0, 0.05) is 0 Å². The van der Waals surface area contributed by atoms with Gasteiger partial charge in [-0.3, -0.25) is 9.59 Å². The summed E-state index contributed by atoms with van der Waals surface area (Å²) in [6.45, 7) is 6.91. The summed E-state index contributed by atoms with van der Waals surface area (Å²) >= 11 is 0. The van der Waals surface area contributed by atoms with Crippen molar-refractivity contribution in [3.8, 4) is 0 Å². The van der Waals surface area contributed by atoms with Crippen molar-refractivity contribution in [1.29, 1.82) is 0 Å². The van der Waals surface area contributed by atoms with Crippen LogP contribution in [-0.4, -0.2) is 53.7 Å². The molecule has 5 heteroatoms. The molecule has 0 bridgehead atoms. The number of esters is 2. The molecule has 0 saturated carbocycles. The predicted octanol–water partition coefficient (Wildman–Crippen LogP) is 0.631. The molecule has 0 aliphatic rings. The standard InChI is InChI=1S/C9H16O4.Na.H/c1-6(2)12-8(10)5-9(11)13-7(3)4;;/h6-7H,5H2,1-4H3;;. The Morgan fingerprint density at radius 1 is 0.929 bits per heavy atom. The molecule has 78 valence electrons. The molecule has 0 aliphatic carbocycles. The first-order valence-electron chi connectivity index (χ1n) is 4.30. The molecule has 0 aromatic carbocycles. The van der Waals surface area contributed by atoms with Gasteiger partial charge in [0.25, 0.3) is 0 Å². The summed E-state index contributed by atoms with van der Waals surface area (Å²) in [7, 11) is 0. The van der Waals surface area contributed by atoms with Crippen molar-refractivity contribution >= 4 is 41.5 Å². The van der Waals surface area contributed by atoms with Crippen molar-refractivity contribution in [3.05, 3.63) is 0 Å². The monoisotopic (exact) mass is 212 g/mol. The van der Waals surface area contributed by atoms with Crippen LogP contribution in [0.5, 0.6) is 0 Å². The molecule has 14 heavy (non-hydrogen) atoms. The minimum atomic E-state index is -0.541. The summed E-state index contributed by atoms with van der Waals surface area (Å²) in [5.41, 5.74) is 0. The first kappa shape index (κ1) is 16.4. The van der Waals surface area contributed by atoms with Crippen LogP contribution in [-0.2, 0) is 19.1 Å². The van der Waals surface area contributed by atoms with Gasteiger partial charge in [-0.25, -0.2) is 0 Å². The van der Waals surface area contributed by atoms with Crippen molar-refractivity contribution in [2.24, 2.45) is 0 Å². The van der Waals surface area contributed by atoms with Crippen LogP contribution in [0.1, 0.15) is 34.1 Å². The van der Waals surface area contributed by atoms with Gasteiger partial charge in [0.05, 0.1) is 12.2 Å². The van der Waals surface area contributed by atoms with E-state index < -0.39 is 11.9 Å². The maximum atomic E-state index is 10.9. The summed E-state index contributed by atoms with van der Waals surface area (Å²) in [5.74, 6) is -1.08. The van der Waals surface area contributed by atoms with Crippen LogP contribution in [0.2, 0.25) is 0 Å². The second-order valence-corrected chi connectivity index (χ2v) is 3.25. The summed E-state index contributed by atoms with van der Waals surface area (Å²) in [5, 5.41) is 0. The summed E-state index contributed by atoms with van der Waals surface area (Å²) in [6.07, 6.45) is -0.699. The van der Waals surface area contributed by atoms with E-state index in [1.807, 2.05) is 0 Å². The van der Waals surface area contributed by atoms with Crippen LogP contribution in [0, 0.1) is 0 Å². The van der Waals surface area contributed by atoms with Crippen LogP contribution < -0.4 is 0 Å². The van der Waals surface area contributed by atoms with Crippen LogP contribution in [0.15, 0.2) is 0 Å². The Labute approximate surface area is 107 Å². The van der Waals surface area contributed by atoms with Crippen molar-refractivity contribution in [1.82, 2.24) is 0 Å². The van der Waals surface area contributed by atoms with Crippen LogP contribution in [0.25, 0.3) is 0 Å². The molecule has 0 spiro atoms. The molecule has 0 rings (SSSR count). The van der Waals surface area contributed by atoms with E-state index in [1.54, 1.807) is 27.7 Å². The van der Waals surface area contributed by atoms with E-state index in [4.69, 9.17) is 9.47 Å². The summed E-state index contributed by atoms with van der Waals surface area (Å²) < 4.78 is 9.53. The second-order valence-electron chi connectivity index (χ2n) is 3.25. The van der Waals surface area contributed by atoms with E-state index in [0.29, 0.717) is 0 Å². The molecule has 0 fully saturated rings. The Morgan fingerprint density at radius 3 is 1.43 bits per heavy atom. The van der Waals surface area contributed by atoms with Gasteiger partial charge in [0.1, 0.15) is 6.42 Å². The topological polar surface area (TPSA) is 52.6 Å². The van der Waals surface area contributed by atoms with E-state index in [0.717, 1.165) is 0 Å². The SMILES string of the molecule is CC(C)OC(=O)CC(=O)OC(C)C.[NaH]. The predicted molar refractivity (Wildman–Crippen MR) is 54.2 cm³/mol. The molecule has 0 atom stereocenters. The van der Waals surface area contributed by atoms with E-state index in [-0.39, 0.29) is 48.2 Å². The van der Waals surface area contributed by atoms with Gasteiger partial charge in [-0.2, -0.15) is 0 Å². The number of hydrogen-bond donors (Lipinski definition) is 0. The van der Waals surface area contributed by atoms with E-state index in [9.17, 15) is 9.59 Å². The average molecular weight is 212 g/mol. The van der Waals surface area contributed by atoms with Crippen LogP contribution in [0.4, 0.5) is 0 Å². The molecule has 0 unspecified atom stereocenters. The van der Waals surface area contributed by atoms with E-state index in [1.165, 1.54) is 0 Å². The molecular weight excluding hydrogens is 195 g/mol. The Morgan fingerprint density at radius 2 is 1.21 bits per heavy atom. The summed E-state index contributed by atoms with van der Waals surface area (Å²) in [6, 6.07) is 0. The van der Waals surface area contributed by atoms with Gasteiger partial charge in [-0.15, -0.1) is 0 Å². The molecule has 0 heterocycles. The number of rotatable bonds is 4. The van der Waals surface area contributed by atoms with Gasteiger partial charge in [-0.05, 0) is 27.7 Å². The van der Waals surface area contributed by atoms with Gasteiger partial charge < -0.3 is 9.47 Å². The molecule has 0 aromatic rings.